The van der Waals surface area contributed by atoms with Crippen LogP contribution in [0.1, 0.15) is 24.8 Å². The van der Waals surface area contributed by atoms with Crippen LogP contribution in [0.25, 0.3) is 0 Å². The third-order valence-electron chi connectivity index (χ3n) is 5.08. The second kappa shape index (κ2) is 8.52. The minimum atomic E-state index is -0.207. The van der Waals surface area contributed by atoms with Gasteiger partial charge in [0.1, 0.15) is 5.75 Å². The first kappa shape index (κ1) is 19.9. The first-order valence-corrected chi connectivity index (χ1v) is 11.2. The average molecular weight is 470 g/mol. The number of fused-ring (bicyclic) bond motifs is 1. The fraction of sp³-hybridized carbons (Fsp3) is 0.273. The van der Waals surface area contributed by atoms with E-state index in [0.717, 1.165) is 26.5 Å². The van der Waals surface area contributed by atoms with Gasteiger partial charge in [0.25, 0.3) is 0 Å². The van der Waals surface area contributed by atoms with Gasteiger partial charge in [-0.1, -0.05) is 39.8 Å². The number of allylic oxidation sites excluding steroid dienone is 1. The van der Waals surface area contributed by atoms with Crippen LogP contribution in [0.2, 0.25) is 0 Å². The molecule has 2 aromatic carbocycles. The number of hydrogen-bond acceptors (Lipinski definition) is 5. The summed E-state index contributed by atoms with van der Waals surface area (Å²) in [6, 6.07) is 18.1. The van der Waals surface area contributed by atoms with Gasteiger partial charge < -0.3 is 9.64 Å². The van der Waals surface area contributed by atoms with Crippen LogP contribution in [0.5, 0.6) is 5.75 Å². The van der Waals surface area contributed by atoms with E-state index in [1.807, 2.05) is 55.5 Å². The summed E-state index contributed by atoms with van der Waals surface area (Å²) in [6.45, 7) is 3.01. The molecule has 2 aromatic rings. The van der Waals surface area contributed by atoms with E-state index in [0.29, 0.717) is 31.1 Å². The van der Waals surface area contributed by atoms with E-state index in [4.69, 9.17) is 4.74 Å². The predicted octanol–water partition coefficient (Wildman–Crippen LogP) is 5.07. The number of nitriles is 1. The van der Waals surface area contributed by atoms with Crippen LogP contribution in [0.3, 0.4) is 0 Å². The van der Waals surface area contributed by atoms with Crippen LogP contribution in [-0.4, -0.2) is 30.0 Å². The number of benzene rings is 2. The molecule has 0 saturated carbocycles. The predicted molar refractivity (Wildman–Crippen MR) is 118 cm³/mol. The number of carbonyl (C=O) groups excluding carboxylic acids is 1. The fourth-order valence-electron chi connectivity index (χ4n) is 3.63. The number of thioether (sulfide) groups is 1. The van der Waals surface area contributed by atoms with Crippen LogP contribution in [-0.2, 0) is 4.79 Å². The maximum absolute atomic E-state index is 13.0. The average Bonchev–Trinajstić information content (AvgIpc) is 2.75. The summed E-state index contributed by atoms with van der Waals surface area (Å²) in [4.78, 5) is 16.9. The molecular formula is C22H20BrN3O2S. The van der Waals surface area contributed by atoms with Crippen molar-refractivity contribution in [1.82, 2.24) is 4.90 Å². The molecule has 0 N–H and O–H groups in total. The molecule has 1 fully saturated rings. The Balaban J connectivity index is 1.61. The quantitative estimate of drug-likeness (QED) is 0.625. The van der Waals surface area contributed by atoms with E-state index in [-0.39, 0.29) is 11.8 Å². The SMILES string of the molecule is CCOc1ccc(C2CC(=O)N3CN(c4ccc(Br)cc4)CSC3=C2C#N)cc1. The van der Waals surface area contributed by atoms with Gasteiger partial charge in [-0.25, -0.2) is 0 Å². The largest absolute Gasteiger partial charge is 0.494 e. The summed E-state index contributed by atoms with van der Waals surface area (Å²) in [5.74, 6) is 1.33. The summed E-state index contributed by atoms with van der Waals surface area (Å²) < 4.78 is 6.52. The lowest BCUT2D eigenvalue weighted by atomic mass is 9.86. The van der Waals surface area contributed by atoms with Crippen LogP contribution in [0.4, 0.5) is 5.69 Å². The van der Waals surface area contributed by atoms with E-state index in [1.54, 1.807) is 16.7 Å². The Labute approximate surface area is 183 Å². The Kier molecular flexibility index (Phi) is 5.84. The molecule has 1 atom stereocenters. The van der Waals surface area contributed by atoms with Crippen molar-refractivity contribution in [1.29, 1.82) is 5.26 Å². The Hall–Kier alpha value is -2.43. The molecule has 0 bridgehead atoms. The van der Waals surface area contributed by atoms with E-state index >= 15 is 0 Å². The highest BCUT2D eigenvalue weighted by atomic mass is 79.9. The molecule has 2 aliphatic rings. The number of rotatable bonds is 4. The summed E-state index contributed by atoms with van der Waals surface area (Å²) >= 11 is 5.01. The van der Waals surface area contributed by atoms with Crippen LogP contribution in [0.15, 0.2) is 63.6 Å². The number of amides is 1. The molecule has 7 heteroatoms. The van der Waals surface area contributed by atoms with Crippen molar-refractivity contribution in [3.63, 3.8) is 0 Å². The maximum atomic E-state index is 13.0. The zero-order valence-electron chi connectivity index (χ0n) is 16.0. The third kappa shape index (κ3) is 4.00. The van der Waals surface area contributed by atoms with Gasteiger partial charge in [-0.2, -0.15) is 5.26 Å². The molecule has 148 valence electrons. The van der Waals surface area contributed by atoms with Gasteiger partial charge in [0.05, 0.1) is 35.8 Å². The topological polar surface area (TPSA) is 56.6 Å². The number of nitrogens with zero attached hydrogens (tertiary/aromatic N) is 3. The van der Waals surface area contributed by atoms with Crippen molar-refractivity contribution in [2.75, 3.05) is 24.1 Å². The molecule has 1 unspecified atom stereocenters. The monoisotopic (exact) mass is 469 g/mol. The zero-order valence-corrected chi connectivity index (χ0v) is 18.4. The summed E-state index contributed by atoms with van der Waals surface area (Å²) in [6.07, 6.45) is 0.301. The molecule has 0 aliphatic carbocycles. The smallest absolute Gasteiger partial charge is 0.229 e. The van der Waals surface area contributed by atoms with Crippen molar-refractivity contribution in [3.05, 3.63) is 69.2 Å². The second-order valence-corrected chi connectivity index (χ2v) is 8.69. The van der Waals surface area contributed by atoms with Gasteiger partial charge in [-0.15, -0.1) is 0 Å². The van der Waals surface area contributed by atoms with Crippen LogP contribution < -0.4 is 9.64 Å². The van der Waals surface area contributed by atoms with Gasteiger partial charge in [-0.3, -0.25) is 9.69 Å². The van der Waals surface area contributed by atoms with Gasteiger partial charge in [0, 0.05) is 22.5 Å². The molecule has 2 aliphatic heterocycles. The molecule has 5 nitrogen and oxygen atoms in total. The lowest BCUT2D eigenvalue weighted by Gasteiger charge is -2.42. The third-order valence-corrected chi connectivity index (χ3v) is 6.76. The molecule has 29 heavy (non-hydrogen) atoms. The van der Waals surface area contributed by atoms with E-state index < -0.39 is 0 Å². The highest BCUT2D eigenvalue weighted by Gasteiger charge is 2.38. The Morgan fingerprint density at radius 3 is 2.59 bits per heavy atom. The number of halogens is 1. The summed E-state index contributed by atoms with van der Waals surface area (Å²) in [5, 5.41) is 10.7. The minimum Gasteiger partial charge on any atom is -0.494 e. The van der Waals surface area contributed by atoms with Gasteiger partial charge in [0.15, 0.2) is 0 Å². The molecule has 0 spiro atoms. The maximum Gasteiger partial charge on any atom is 0.229 e. The van der Waals surface area contributed by atoms with Gasteiger partial charge in [0.2, 0.25) is 5.91 Å². The van der Waals surface area contributed by atoms with E-state index in [9.17, 15) is 10.1 Å². The van der Waals surface area contributed by atoms with E-state index in [1.165, 1.54) is 0 Å². The van der Waals surface area contributed by atoms with Gasteiger partial charge in [-0.05, 0) is 48.9 Å². The minimum absolute atomic E-state index is 0.0483. The fourth-order valence-corrected chi connectivity index (χ4v) is 5.06. The molecule has 4 rings (SSSR count). The van der Waals surface area contributed by atoms with Crippen molar-refractivity contribution >= 4 is 39.3 Å². The molecular weight excluding hydrogens is 450 g/mol. The Morgan fingerprint density at radius 2 is 1.93 bits per heavy atom. The van der Waals surface area contributed by atoms with Crippen molar-refractivity contribution in [3.8, 4) is 11.8 Å². The molecule has 0 radical (unpaired) electrons. The second-order valence-electron chi connectivity index (χ2n) is 6.84. The van der Waals surface area contributed by atoms with Crippen molar-refractivity contribution < 1.29 is 9.53 Å². The summed E-state index contributed by atoms with van der Waals surface area (Å²) in [5.41, 5.74) is 2.70. The van der Waals surface area contributed by atoms with Crippen molar-refractivity contribution in [2.24, 2.45) is 0 Å². The lowest BCUT2D eigenvalue weighted by molar-refractivity contribution is -0.129. The highest BCUT2D eigenvalue weighted by Crippen LogP contribution is 2.43. The lowest BCUT2D eigenvalue weighted by Crippen LogP contribution is -2.47. The number of ether oxygens (including phenoxy) is 1. The van der Waals surface area contributed by atoms with Gasteiger partial charge >= 0.3 is 0 Å². The van der Waals surface area contributed by atoms with E-state index in [2.05, 4.69) is 26.9 Å². The number of hydrogen-bond donors (Lipinski definition) is 0. The molecule has 1 saturated heterocycles. The van der Waals surface area contributed by atoms with Crippen molar-refractivity contribution in [2.45, 2.75) is 19.3 Å². The number of anilines is 1. The number of carbonyl (C=O) groups is 1. The molecule has 2 heterocycles. The Bertz CT molecular complexity index is 983. The standard InChI is InChI=1S/C22H20BrN3O2S/c1-2-28-18-9-3-15(4-10-18)19-11-21(27)26-13-25(14-29-22(26)20(19)12-24)17-7-5-16(23)6-8-17/h3-10,19H,2,11,13-14H2,1H3. The Morgan fingerprint density at radius 1 is 1.21 bits per heavy atom. The van der Waals surface area contributed by atoms with Crippen LogP contribution in [0, 0.1) is 11.3 Å². The normalized spacial score (nSPS) is 19.1. The highest BCUT2D eigenvalue weighted by molar-refractivity contribution is 9.10. The van der Waals surface area contributed by atoms with Crippen LogP contribution >= 0.6 is 27.7 Å². The zero-order chi connectivity index (χ0) is 20.4. The summed E-state index contributed by atoms with van der Waals surface area (Å²) in [7, 11) is 0. The molecule has 0 aromatic heterocycles. The first-order chi connectivity index (χ1) is 14.1. The first-order valence-electron chi connectivity index (χ1n) is 9.41. The molecule has 1 amide bonds.